The van der Waals surface area contributed by atoms with Crippen LogP contribution in [0.1, 0.15) is 24.8 Å². The number of carbonyl (C=O) groups is 1. The number of hydrogen-bond acceptors (Lipinski definition) is 6. The van der Waals surface area contributed by atoms with Crippen LogP contribution < -0.4 is 10.5 Å². The van der Waals surface area contributed by atoms with Gasteiger partial charge in [-0.1, -0.05) is 30.7 Å². The van der Waals surface area contributed by atoms with E-state index in [9.17, 15) is 4.79 Å². The van der Waals surface area contributed by atoms with Gasteiger partial charge in [-0.2, -0.15) is 5.10 Å². The van der Waals surface area contributed by atoms with Crippen molar-refractivity contribution in [1.82, 2.24) is 14.1 Å². The van der Waals surface area contributed by atoms with E-state index in [1.807, 2.05) is 36.2 Å². The highest BCUT2D eigenvalue weighted by Crippen LogP contribution is 2.28. The Balaban J connectivity index is 1.35. The maximum Gasteiger partial charge on any atom is 0.244 e. The van der Waals surface area contributed by atoms with Crippen LogP contribution in [0.3, 0.4) is 0 Å². The first-order chi connectivity index (χ1) is 15.6. The van der Waals surface area contributed by atoms with E-state index >= 15 is 0 Å². The molecule has 1 aliphatic heterocycles. The number of primary amides is 1. The monoisotopic (exact) mass is 466 g/mol. The molecule has 2 N–H and O–H groups in total. The van der Waals surface area contributed by atoms with E-state index in [4.69, 9.17) is 10.5 Å². The number of nitrogens with zero attached hydrogens (tertiary/aromatic N) is 3. The maximum atomic E-state index is 11.0. The van der Waals surface area contributed by atoms with Gasteiger partial charge >= 0.3 is 0 Å². The molecular formula is C24H26N4O2S2. The van der Waals surface area contributed by atoms with Crippen molar-refractivity contribution in [3.8, 4) is 16.9 Å². The molecule has 1 aliphatic rings. The summed E-state index contributed by atoms with van der Waals surface area (Å²) in [5.41, 5.74) is 8.21. The van der Waals surface area contributed by atoms with Crippen LogP contribution in [0.2, 0.25) is 0 Å². The SMILES string of the molecule is NC(=O)/C=C(\S)n1cc(-c2ccc(OCc3cccc(SN4CCCCC4)c3)cc2)cn1. The lowest BCUT2D eigenvalue weighted by Crippen LogP contribution is -2.22. The van der Waals surface area contributed by atoms with Gasteiger partial charge in [0.2, 0.25) is 5.91 Å². The first-order valence-electron chi connectivity index (χ1n) is 10.6. The zero-order chi connectivity index (χ0) is 22.3. The molecule has 0 radical (unpaired) electrons. The van der Waals surface area contributed by atoms with Crippen molar-refractivity contribution in [3.63, 3.8) is 0 Å². The fraction of sp³-hybridized carbons (Fsp3) is 0.250. The van der Waals surface area contributed by atoms with Crippen molar-refractivity contribution in [3.05, 3.63) is 72.6 Å². The van der Waals surface area contributed by atoms with Crippen molar-refractivity contribution in [2.24, 2.45) is 5.73 Å². The second-order valence-corrected chi connectivity index (χ2v) is 9.25. The largest absolute Gasteiger partial charge is 0.489 e. The number of nitrogens with two attached hydrogens (primary N) is 1. The Morgan fingerprint density at radius 1 is 1.12 bits per heavy atom. The third-order valence-electron chi connectivity index (χ3n) is 5.13. The highest BCUT2D eigenvalue weighted by atomic mass is 32.2. The standard InChI is InChI=1S/C24H26N4O2S2/c25-23(29)14-24(31)28-16-20(15-26-28)19-7-9-21(10-8-19)30-17-18-5-4-6-22(13-18)32-27-11-2-1-3-12-27/h4-10,13-16,31H,1-3,11-12,17H2,(H2,25,29)/b24-14-. The zero-order valence-corrected chi connectivity index (χ0v) is 19.4. The van der Waals surface area contributed by atoms with Gasteiger partial charge in [-0.15, -0.1) is 12.6 Å². The van der Waals surface area contributed by atoms with E-state index in [0.717, 1.165) is 35.5 Å². The van der Waals surface area contributed by atoms with Crippen LogP contribution in [0.4, 0.5) is 0 Å². The topological polar surface area (TPSA) is 73.4 Å². The highest BCUT2D eigenvalue weighted by molar-refractivity contribution is 7.97. The number of amides is 1. The van der Waals surface area contributed by atoms with E-state index in [2.05, 4.69) is 46.3 Å². The molecule has 1 fully saturated rings. The molecule has 0 bridgehead atoms. The lowest BCUT2D eigenvalue weighted by molar-refractivity contribution is -0.113. The number of benzene rings is 2. The Morgan fingerprint density at radius 3 is 2.66 bits per heavy atom. The summed E-state index contributed by atoms with van der Waals surface area (Å²) in [6.07, 6.45) is 8.64. The molecule has 2 aromatic carbocycles. The van der Waals surface area contributed by atoms with Crippen molar-refractivity contribution in [2.45, 2.75) is 30.8 Å². The van der Waals surface area contributed by atoms with Gasteiger partial charge in [-0.3, -0.25) is 4.79 Å². The van der Waals surface area contributed by atoms with Crippen LogP contribution in [-0.4, -0.2) is 33.1 Å². The van der Waals surface area contributed by atoms with Crippen LogP contribution in [0.15, 0.2) is 71.9 Å². The Bertz CT molecular complexity index is 1090. The summed E-state index contributed by atoms with van der Waals surface area (Å²) < 4.78 is 9.95. The summed E-state index contributed by atoms with van der Waals surface area (Å²) >= 11 is 6.09. The van der Waals surface area contributed by atoms with E-state index in [-0.39, 0.29) is 0 Å². The van der Waals surface area contributed by atoms with Crippen LogP contribution in [-0.2, 0) is 11.4 Å². The summed E-state index contributed by atoms with van der Waals surface area (Å²) in [4.78, 5) is 12.3. The van der Waals surface area contributed by atoms with Crippen LogP contribution in [0.5, 0.6) is 5.75 Å². The van der Waals surface area contributed by atoms with E-state index in [0.29, 0.717) is 11.6 Å². The molecule has 1 amide bonds. The molecule has 0 atom stereocenters. The first-order valence-corrected chi connectivity index (χ1v) is 11.8. The van der Waals surface area contributed by atoms with E-state index in [1.54, 1.807) is 12.4 Å². The molecular weight excluding hydrogens is 440 g/mol. The van der Waals surface area contributed by atoms with E-state index in [1.165, 1.54) is 34.9 Å². The molecule has 166 valence electrons. The van der Waals surface area contributed by atoms with Crippen LogP contribution in [0.25, 0.3) is 16.2 Å². The molecule has 0 unspecified atom stereocenters. The van der Waals surface area contributed by atoms with Gasteiger partial charge in [0.25, 0.3) is 0 Å². The summed E-state index contributed by atoms with van der Waals surface area (Å²) in [5.74, 6) is 0.239. The van der Waals surface area contributed by atoms with Gasteiger partial charge in [-0.25, -0.2) is 8.99 Å². The van der Waals surface area contributed by atoms with Gasteiger partial charge < -0.3 is 10.5 Å². The van der Waals surface area contributed by atoms with Crippen molar-refractivity contribution in [2.75, 3.05) is 13.1 Å². The molecule has 6 nitrogen and oxygen atoms in total. The molecule has 3 aromatic rings. The minimum absolute atomic E-state index is 0.365. The molecule has 4 rings (SSSR count). The molecule has 0 spiro atoms. The zero-order valence-electron chi connectivity index (χ0n) is 17.7. The Morgan fingerprint density at radius 2 is 1.91 bits per heavy atom. The predicted octanol–water partition coefficient (Wildman–Crippen LogP) is 4.84. The third-order valence-corrected chi connectivity index (χ3v) is 6.55. The second kappa shape index (κ2) is 10.8. The number of thiol groups is 1. The fourth-order valence-electron chi connectivity index (χ4n) is 3.50. The van der Waals surface area contributed by atoms with Gasteiger partial charge in [0.05, 0.1) is 11.2 Å². The molecule has 2 heterocycles. The van der Waals surface area contributed by atoms with Gasteiger partial charge in [-0.05, 0) is 60.2 Å². The van der Waals surface area contributed by atoms with Gasteiger partial charge in [0, 0.05) is 35.8 Å². The lowest BCUT2D eigenvalue weighted by atomic mass is 10.1. The minimum Gasteiger partial charge on any atom is -0.489 e. The maximum absolute atomic E-state index is 11.0. The fourth-order valence-corrected chi connectivity index (χ4v) is 4.82. The average Bonchev–Trinajstić information content (AvgIpc) is 3.29. The van der Waals surface area contributed by atoms with Crippen molar-refractivity contribution in [1.29, 1.82) is 0 Å². The predicted molar refractivity (Wildman–Crippen MR) is 132 cm³/mol. The number of carbonyl (C=O) groups excluding carboxylic acids is 1. The van der Waals surface area contributed by atoms with Gasteiger partial charge in [0.1, 0.15) is 12.4 Å². The first kappa shape index (κ1) is 22.5. The van der Waals surface area contributed by atoms with E-state index < -0.39 is 5.91 Å². The molecule has 0 saturated carbocycles. The summed E-state index contributed by atoms with van der Waals surface area (Å²) in [5, 5.41) is 4.59. The Kier molecular flexibility index (Phi) is 7.57. The normalized spacial score (nSPS) is 15.0. The number of rotatable bonds is 8. The quantitative estimate of drug-likeness (QED) is 0.282. The Hall–Kier alpha value is -2.68. The smallest absolute Gasteiger partial charge is 0.244 e. The van der Waals surface area contributed by atoms with Crippen LogP contribution >= 0.6 is 24.6 Å². The highest BCUT2D eigenvalue weighted by Gasteiger charge is 2.11. The van der Waals surface area contributed by atoms with Crippen molar-refractivity contribution < 1.29 is 9.53 Å². The lowest BCUT2D eigenvalue weighted by Gasteiger charge is -2.25. The number of hydrogen-bond donors (Lipinski definition) is 2. The molecule has 8 heteroatoms. The molecule has 32 heavy (non-hydrogen) atoms. The number of piperidine rings is 1. The summed E-state index contributed by atoms with van der Waals surface area (Å²) in [6.45, 7) is 2.84. The average molecular weight is 467 g/mol. The van der Waals surface area contributed by atoms with Crippen molar-refractivity contribution >= 4 is 35.5 Å². The second-order valence-electron chi connectivity index (χ2n) is 7.62. The third kappa shape index (κ3) is 6.18. The van der Waals surface area contributed by atoms with Gasteiger partial charge in [0.15, 0.2) is 0 Å². The number of aromatic nitrogens is 2. The summed E-state index contributed by atoms with van der Waals surface area (Å²) in [6, 6.07) is 16.4. The number of ether oxygens (including phenoxy) is 1. The van der Waals surface area contributed by atoms with Crippen LogP contribution in [0, 0.1) is 0 Å². The Labute approximate surface area is 198 Å². The summed E-state index contributed by atoms with van der Waals surface area (Å²) in [7, 11) is 0. The molecule has 1 saturated heterocycles. The molecule has 0 aliphatic carbocycles. The minimum atomic E-state index is -0.566. The molecule has 1 aromatic heterocycles.